The minimum atomic E-state index is 0.0284. The molecule has 26 heavy (non-hydrogen) atoms. The molecule has 6 heteroatoms. The van der Waals surface area contributed by atoms with Crippen LogP contribution in [0.5, 0.6) is 0 Å². The molecule has 0 unspecified atom stereocenters. The molecule has 0 radical (unpaired) electrons. The maximum absolute atomic E-state index is 12.7. The van der Waals surface area contributed by atoms with Gasteiger partial charge in [-0.2, -0.15) is 0 Å². The third kappa shape index (κ3) is 3.66. The molecule has 0 saturated carbocycles. The summed E-state index contributed by atoms with van der Waals surface area (Å²) in [5.41, 5.74) is 3.13. The molecule has 0 bridgehead atoms. The molecule has 1 aromatic carbocycles. The van der Waals surface area contributed by atoms with Crippen LogP contribution in [-0.4, -0.2) is 59.0 Å². The summed E-state index contributed by atoms with van der Waals surface area (Å²) in [5.74, 6) is 0.751. The molecule has 1 fully saturated rings. The Kier molecular flexibility index (Phi) is 5.04. The monoisotopic (exact) mass is 353 g/mol. The number of anilines is 1. The maximum Gasteiger partial charge on any atom is 0.257 e. The zero-order valence-corrected chi connectivity index (χ0v) is 15.4. The number of aromatic amines is 1. The van der Waals surface area contributed by atoms with Crippen LogP contribution >= 0.6 is 0 Å². The van der Waals surface area contributed by atoms with Gasteiger partial charge in [-0.15, -0.1) is 0 Å². The van der Waals surface area contributed by atoms with Gasteiger partial charge >= 0.3 is 0 Å². The molecule has 0 aliphatic carbocycles. The van der Waals surface area contributed by atoms with Gasteiger partial charge in [-0.05, 0) is 12.1 Å². The smallest absolute Gasteiger partial charge is 0.257 e. The third-order valence-electron chi connectivity index (χ3n) is 5.50. The summed E-state index contributed by atoms with van der Waals surface area (Å²) in [7, 11) is 0. The third-order valence-corrected chi connectivity index (χ3v) is 5.50. The molecule has 0 atom stereocenters. The second kappa shape index (κ2) is 7.60. The van der Waals surface area contributed by atoms with E-state index in [1.807, 2.05) is 6.07 Å². The van der Waals surface area contributed by atoms with Gasteiger partial charge in [-0.1, -0.05) is 37.3 Å². The number of nitrogens with zero attached hydrogens (tertiary/aromatic N) is 4. The molecule has 138 valence electrons. The van der Waals surface area contributed by atoms with E-state index in [1.54, 1.807) is 0 Å². The van der Waals surface area contributed by atoms with Crippen molar-refractivity contribution in [2.75, 3.05) is 44.2 Å². The first-order chi connectivity index (χ1) is 12.7. The van der Waals surface area contributed by atoms with E-state index in [9.17, 15) is 4.79 Å². The molecule has 0 amide bonds. The Morgan fingerprint density at radius 3 is 2.54 bits per heavy atom. The summed E-state index contributed by atoms with van der Waals surface area (Å²) >= 11 is 0. The minimum absolute atomic E-state index is 0.0284. The highest BCUT2D eigenvalue weighted by Crippen LogP contribution is 2.19. The Balaban J connectivity index is 1.48. The van der Waals surface area contributed by atoms with Crippen LogP contribution in [0.3, 0.4) is 0 Å². The summed E-state index contributed by atoms with van der Waals surface area (Å²) in [6.45, 7) is 9.68. The second-order valence-electron chi connectivity index (χ2n) is 7.18. The normalized spacial score (nSPS) is 18.7. The second-order valence-corrected chi connectivity index (χ2v) is 7.18. The van der Waals surface area contributed by atoms with Gasteiger partial charge in [0.2, 0.25) is 5.95 Å². The summed E-state index contributed by atoms with van der Waals surface area (Å²) in [4.78, 5) is 27.5. The maximum atomic E-state index is 12.7. The molecule has 4 rings (SSSR count). The zero-order valence-electron chi connectivity index (χ0n) is 15.4. The van der Waals surface area contributed by atoms with Crippen LogP contribution in [0.25, 0.3) is 0 Å². The quantitative estimate of drug-likeness (QED) is 0.902. The van der Waals surface area contributed by atoms with E-state index in [0.717, 1.165) is 69.4 Å². The fraction of sp³-hybridized carbons (Fsp3) is 0.500. The van der Waals surface area contributed by atoms with Crippen molar-refractivity contribution in [1.82, 2.24) is 19.8 Å². The van der Waals surface area contributed by atoms with Gasteiger partial charge in [0.1, 0.15) is 0 Å². The van der Waals surface area contributed by atoms with Crippen molar-refractivity contribution in [3.05, 3.63) is 57.5 Å². The van der Waals surface area contributed by atoms with Crippen molar-refractivity contribution in [1.29, 1.82) is 0 Å². The fourth-order valence-corrected chi connectivity index (χ4v) is 3.87. The van der Waals surface area contributed by atoms with Gasteiger partial charge in [0.15, 0.2) is 0 Å². The summed E-state index contributed by atoms with van der Waals surface area (Å²) in [6, 6.07) is 10.4. The Hall–Kier alpha value is -2.18. The van der Waals surface area contributed by atoms with Crippen molar-refractivity contribution in [3.63, 3.8) is 0 Å². The number of H-pyrrole nitrogens is 1. The number of hydrogen-bond donors (Lipinski definition) is 1. The van der Waals surface area contributed by atoms with Crippen LogP contribution in [0.4, 0.5) is 5.95 Å². The fourth-order valence-electron chi connectivity index (χ4n) is 3.87. The highest BCUT2D eigenvalue weighted by Gasteiger charge is 2.24. The van der Waals surface area contributed by atoms with Crippen molar-refractivity contribution in [2.24, 2.45) is 0 Å². The first-order valence-electron chi connectivity index (χ1n) is 9.58. The summed E-state index contributed by atoms with van der Waals surface area (Å²) < 4.78 is 0. The van der Waals surface area contributed by atoms with E-state index < -0.39 is 0 Å². The topological polar surface area (TPSA) is 55.5 Å². The van der Waals surface area contributed by atoms with Gasteiger partial charge in [0, 0.05) is 52.2 Å². The van der Waals surface area contributed by atoms with Crippen LogP contribution in [0.15, 0.2) is 35.1 Å². The van der Waals surface area contributed by atoms with Crippen LogP contribution in [-0.2, 0) is 19.5 Å². The van der Waals surface area contributed by atoms with Crippen LogP contribution in [0.2, 0.25) is 0 Å². The molecule has 1 aromatic heterocycles. The van der Waals surface area contributed by atoms with E-state index in [0.29, 0.717) is 6.54 Å². The van der Waals surface area contributed by atoms with Crippen LogP contribution in [0, 0.1) is 0 Å². The summed E-state index contributed by atoms with van der Waals surface area (Å²) in [6.07, 6.45) is 0.841. The standard InChI is InChI=1S/C20H27N5O/c1-2-23-10-12-25(13-11-23)20-21-18-8-9-24(15-17(18)19(26)22-20)14-16-6-4-3-5-7-16/h3-7H,2,8-15H2,1H3,(H,21,22,26). The Morgan fingerprint density at radius 2 is 1.81 bits per heavy atom. The van der Waals surface area contributed by atoms with Gasteiger partial charge in [-0.25, -0.2) is 4.98 Å². The lowest BCUT2D eigenvalue weighted by atomic mass is 10.1. The minimum Gasteiger partial charge on any atom is -0.340 e. The lowest BCUT2D eigenvalue weighted by Crippen LogP contribution is -2.47. The number of fused-ring (bicyclic) bond motifs is 1. The predicted molar refractivity (Wildman–Crippen MR) is 103 cm³/mol. The van der Waals surface area contributed by atoms with E-state index in [2.05, 4.69) is 50.9 Å². The number of hydrogen-bond acceptors (Lipinski definition) is 5. The zero-order chi connectivity index (χ0) is 17.9. The Labute approximate surface area is 154 Å². The molecule has 1 saturated heterocycles. The van der Waals surface area contributed by atoms with Crippen LogP contribution in [0.1, 0.15) is 23.7 Å². The Morgan fingerprint density at radius 1 is 1.04 bits per heavy atom. The first-order valence-corrected chi connectivity index (χ1v) is 9.58. The molecule has 2 aliphatic heterocycles. The molecule has 2 aromatic rings. The van der Waals surface area contributed by atoms with Gasteiger partial charge in [0.05, 0.1) is 11.3 Å². The molecular weight excluding hydrogens is 326 g/mol. The molecular formula is C20H27N5O. The average Bonchev–Trinajstić information content (AvgIpc) is 2.69. The van der Waals surface area contributed by atoms with Crippen molar-refractivity contribution < 1.29 is 0 Å². The number of piperazine rings is 1. The predicted octanol–water partition coefficient (Wildman–Crippen LogP) is 1.47. The number of nitrogens with one attached hydrogen (secondary N) is 1. The highest BCUT2D eigenvalue weighted by atomic mass is 16.1. The number of rotatable bonds is 4. The first kappa shape index (κ1) is 17.2. The number of likely N-dealkylation sites (N-methyl/N-ethyl adjacent to an activating group) is 1. The summed E-state index contributed by atoms with van der Waals surface area (Å²) in [5, 5.41) is 0. The van der Waals surface area contributed by atoms with Gasteiger partial charge < -0.3 is 9.80 Å². The van der Waals surface area contributed by atoms with E-state index >= 15 is 0 Å². The van der Waals surface area contributed by atoms with Crippen LogP contribution < -0.4 is 10.5 Å². The molecule has 0 spiro atoms. The molecule has 1 N–H and O–H groups in total. The highest BCUT2D eigenvalue weighted by molar-refractivity contribution is 5.35. The SMILES string of the molecule is CCN1CCN(c2nc3c(c(=O)[nH]2)CN(Cc2ccccc2)CC3)CC1. The van der Waals surface area contributed by atoms with Crippen molar-refractivity contribution in [2.45, 2.75) is 26.4 Å². The van der Waals surface area contributed by atoms with E-state index in [4.69, 9.17) is 4.98 Å². The van der Waals surface area contributed by atoms with Gasteiger partial charge in [-0.3, -0.25) is 14.7 Å². The lowest BCUT2D eigenvalue weighted by Gasteiger charge is -2.35. The van der Waals surface area contributed by atoms with Crippen molar-refractivity contribution >= 4 is 5.95 Å². The number of aromatic nitrogens is 2. The molecule has 2 aliphatic rings. The molecule has 6 nitrogen and oxygen atoms in total. The number of benzene rings is 1. The van der Waals surface area contributed by atoms with Crippen molar-refractivity contribution in [3.8, 4) is 0 Å². The largest absolute Gasteiger partial charge is 0.340 e. The molecule has 3 heterocycles. The Bertz CT molecular complexity index is 796. The average molecular weight is 353 g/mol. The van der Waals surface area contributed by atoms with E-state index in [1.165, 1.54) is 5.56 Å². The lowest BCUT2D eigenvalue weighted by molar-refractivity contribution is 0.241. The van der Waals surface area contributed by atoms with E-state index in [-0.39, 0.29) is 5.56 Å². The van der Waals surface area contributed by atoms with Gasteiger partial charge in [0.25, 0.3) is 5.56 Å².